The molecule has 0 bridgehead atoms. The Morgan fingerprint density at radius 3 is 2.11 bits per heavy atom. The van der Waals surface area contributed by atoms with Gasteiger partial charge in [-0.25, -0.2) is 18.6 Å². The number of rotatable bonds is 29. The minimum Gasteiger partial charge on any atom is -0.480 e. The Bertz CT molecular complexity index is 2550. The normalized spacial score (nSPS) is 14.5. The van der Waals surface area contributed by atoms with Crippen molar-refractivity contribution in [2.45, 2.75) is 123 Å². The zero-order valence-corrected chi connectivity index (χ0v) is 43.2. The maximum Gasteiger partial charge on any atom is 0.326 e. The smallest absolute Gasteiger partial charge is 0.326 e. The van der Waals surface area contributed by atoms with Crippen LogP contribution in [0.5, 0.6) is 0 Å². The number of carbonyl (C=O) groups is 9. The number of carboxylic acids is 1. The number of nitrogens with one attached hydrogen (secondary N) is 3. The predicted molar refractivity (Wildman–Crippen MR) is 270 cm³/mol. The number of unbranched alkanes of at least 4 members (excludes halogenated alkanes) is 2. The molecule has 21 nitrogen and oxygen atoms in total. The Morgan fingerprint density at radius 2 is 1.51 bits per heavy atom. The molecule has 1 aliphatic rings. The van der Waals surface area contributed by atoms with E-state index < -0.39 is 132 Å². The maximum absolute atomic E-state index is 15.2. The molecule has 8 amide bonds. The van der Waals surface area contributed by atoms with Gasteiger partial charge in [0, 0.05) is 69.5 Å². The number of primary amides is 1. The summed E-state index contributed by atoms with van der Waals surface area (Å²) in [6.45, 7) is 8.52. The van der Waals surface area contributed by atoms with Gasteiger partial charge in [0.05, 0.1) is 17.8 Å². The maximum atomic E-state index is 15.2. The van der Waals surface area contributed by atoms with Gasteiger partial charge in [0.25, 0.3) is 11.8 Å². The van der Waals surface area contributed by atoms with Gasteiger partial charge in [0.1, 0.15) is 42.2 Å². The lowest BCUT2D eigenvalue weighted by atomic mass is 9.84. The summed E-state index contributed by atoms with van der Waals surface area (Å²) in [5.41, 5.74) is 11.7. The zero-order chi connectivity index (χ0) is 55.7. The number of imide groups is 1. The number of hydrogen-bond acceptors (Lipinski definition) is 12. The van der Waals surface area contributed by atoms with Gasteiger partial charge in [-0.2, -0.15) is 0 Å². The van der Waals surface area contributed by atoms with E-state index in [1.807, 2.05) is 51.1 Å². The summed E-state index contributed by atoms with van der Waals surface area (Å²) in [4.78, 5) is 124. The molecule has 0 fully saturated rings. The van der Waals surface area contributed by atoms with Crippen LogP contribution >= 0.6 is 0 Å². The van der Waals surface area contributed by atoms with Crippen LogP contribution in [0.1, 0.15) is 104 Å². The third-order valence-electron chi connectivity index (χ3n) is 12.5. The van der Waals surface area contributed by atoms with Crippen LogP contribution in [0.3, 0.4) is 0 Å². The van der Waals surface area contributed by atoms with Crippen LogP contribution in [0.2, 0.25) is 0 Å². The van der Waals surface area contributed by atoms with E-state index in [-0.39, 0.29) is 56.1 Å². The van der Waals surface area contributed by atoms with Gasteiger partial charge >= 0.3 is 5.97 Å². The SMILES string of the molecule is CC(C)[C@H](NC(=O)CCCCCN1C(=O)C=CC1=O)C(=O)N[C@@H](C)C(=O)N(CCNC(=O)[C@@H](N)CCN(C(=O)CO)[C@@H](c1nc(-c2cc(F)ccc2F)cn1Cc1ccccc1)C(C)(C)C)[C@@H](CCC(N)=O)C(=O)O. The summed E-state index contributed by atoms with van der Waals surface area (Å²) in [5.74, 6) is -8.41. The fourth-order valence-electron chi connectivity index (χ4n) is 8.59. The number of nitrogens with two attached hydrogens (primary N) is 2. The Balaban J connectivity index is 1.47. The van der Waals surface area contributed by atoms with Gasteiger partial charge in [-0.05, 0) is 67.7 Å². The van der Waals surface area contributed by atoms with Crippen LogP contribution in [0.15, 0.2) is 66.9 Å². The molecular weight excluding hydrogens is 979 g/mol. The first-order valence-corrected chi connectivity index (χ1v) is 24.8. The molecule has 23 heteroatoms. The van der Waals surface area contributed by atoms with Crippen molar-refractivity contribution in [2.75, 3.05) is 32.8 Å². The minimum atomic E-state index is -1.65. The number of aliphatic hydroxyl groups is 1. The second-order valence-electron chi connectivity index (χ2n) is 19.8. The van der Waals surface area contributed by atoms with E-state index in [2.05, 4.69) is 16.0 Å². The number of halogens is 2. The Kier molecular flexibility index (Phi) is 22.3. The van der Waals surface area contributed by atoms with E-state index in [1.54, 1.807) is 24.6 Å². The summed E-state index contributed by atoms with van der Waals surface area (Å²) in [6, 6.07) is 5.77. The van der Waals surface area contributed by atoms with Gasteiger partial charge < -0.3 is 52.0 Å². The molecule has 408 valence electrons. The van der Waals surface area contributed by atoms with E-state index >= 15 is 4.39 Å². The third kappa shape index (κ3) is 17.3. The van der Waals surface area contributed by atoms with Crippen molar-refractivity contribution in [3.05, 3.63) is 89.9 Å². The minimum absolute atomic E-state index is 0.0234. The fraction of sp³-hybridized carbons (Fsp3) is 0.500. The lowest BCUT2D eigenvalue weighted by Crippen LogP contribution is -2.58. The van der Waals surface area contributed by atoms with E-state index in [0.717, 1.165) is 33.6 Å². The van der Waals surface area contributed by atoms with E-state index in [9.17, 15) is 57.8 Å². The van der Waals surface area contributed by atoms with Crippen LogP contribution < -0.4 is 27.4 Å². The fourth-order valence-corrected chi connectivity index (χ4v) is 8.59. The van der Waals surface area contributed by atoms with Crippen LogP contribution in [-0.4, -0.2) is 145 Å². The molecular formula is C52H70F2N10O11. The van der Waals surface area contributed by atoms with E-state index in [0.29, 0.717) is 19.3 Å². The van der Waals surface area contributed by atoms with Crippen molar-refractivity contribution >= 4 is 53.2 Å². The first kappa shape index (κ1) is 60.2. The monoisotopic (exact) mass is 1050 g/mol. The van der Waals surface area contributed by atoms with Crippen molar-refractivity contribution in [1.29, 1.82) is 0 Å². The summed E-state index contributed by atoms with van der Waals surface area (Å²) < 4.78 is 31.3. The van der Waals surface area contributed by atoms with Gasteiger partial charge in [0.2, 0.25) is 35.4 Å². The molecule has 2 aromatic carbocycles. The predicted octanol–water partition coefficient (Wildman–Crippen LogP) is 2.30. The topological polar surface area (TPSA) is 310 Å². The molecule has 1 aromatic heterocycles. The largest absolute Gasteiger partial charge is 0.480 e. The first-order chi connectivity index (χ1) is 35.3. The van der Waals surface area contributed by atoms with Gasteiger partial charge in [0.15, 0.2) is 0 Å². The van der Waals surface area contributed by atoms with Crippen LogP contribution in [0.25, 0.3) is 11.3 Å². The zero-order valence-electron chi connectivity index (χ0n) is 43.2. The average Bonchev–Trinajstić information content (AvgIpc) is 3.90. The second kappa shape index (κ2) is 27.8. The third-order valence-corrected chi connectivity index (χ3v) is 12.5. The van der Waals surface area contributed by atoms with Gasteiger partial charge in [-0.15, -0.1) is 0 Å². The highest BCUT2D eigenvalue weighted by atomic mass is 19.1. The van der Waals surface area contributed by atoms with Crippen LogP contribution in [0, 0.1) is 23.0 Å². The summed E-state index contributed by atoms with van der Waals surface area (Å²) in [5, 5.41) is 28.3. The van der Waals surface area contributed by atoms with Crippen molar-refractivity contribution in [2.24, 2.45) is 22.8 Å². The quantitative estimate of drug-likeness (QED) is 0.0388. The molecule has 75 heavy (non-hydrogen) atoms. The molecule has 0 saturated heterocycles. The van der Waals surface area contributed by atoms with Crippen molar-refractivity contribution < 1.29 is 62.1 Å². The highest BCUT2D eigenvalue weighted by Gasteiger charge is 2.39. The number of imidazole rings is 1. The molecule has 0 aliphatic carbocycles. The second-order valence-corrected chi connectivity index (χ2v) is 19.8. The Hall–Kier alpha value is -7.40. The van der Waals surface area contributed by atoms with E-state index in [1.165, 1.54) is 24.0 Å². The number of nitrogens with zero attached hydrogens (tertiary/aromatic N) is 5. The summed E-state index contributed by atoms with van der Waals surface area (Å²) in [6.07, 6.45) is 4.28. The molecule has 3 aromatic rings. The van der Waals surface area contributed by atoms with E-state index in [4.69, 9.17) is 16.5 Å². The molecule has 0 unspecified atom stereocenters. The summed E-state index contributed by atoms with van der Waals surface area (Å²) >= 11 is 0. The van der Waals surface area contributed by atoms with Crippen molar-refractivity contribution in [3.63, 3.8) is 0 Å². The first-order valence-electron chi connectivity index (χ1n) is 24.8. The molecule has 5 atom stereocenters. The van der Waals surface area contributed by atoms with Crippen LogP contribution in [-0.2, 0) is 49.7 Å². The number of aromatic nitrogens is 2. The average molecular weight is 1050 g/mol. The number of hydrogen-bond donors (Lipinski definition) is 7. The summed E-state index contributed by atoms with van der Waals surface area (Å²) in [7, 11) is 0. The lowest BCUT2D eigenvalue weighted by molar-refractivity contribution is -0.152. The number of aliphatic carboxylic acids is 1. The number of carboxylic acid groups (broad SMARTS) is 1. The van der Waals surface area contributed by atoms with Crippen molar-refractivity contribution in [3.8, 4) is 11.3 Å². The van der Waals surface area contributed by atoms with Gasteiger partial charge in [-0.1, -0.05) is 71.4 Å². The lowest BCUT2D eigenvalue weighted by Gasteiger charge is -2.40. The molecule has 0 radical (unpaired) electrons. The standard InChI is InChI=1S/C52H70F2N10O11/c1-31(2)45(60-41(67)15-11-8-12-24-63-42(68)20-21-43(63)69)49(72)58-32(3)50(73)62(39(51(74)75)18-19-40(56)66)26-23-57-48(71)37(55)22-25-64(44(70)30-65)46(52(4,5)6)47-59-38(35-27-34(53)16-17-36(35)54)29-61(47)28-33-13-9-7-10-14-33/h7,9-10,13-14,16-17,20-21,27,29,31-32,37,39,45-46,65H,8,11-12,15,18-19,22-26,28,30,55H2,1-6H3,(H2,56,66)(H,57,71)(H,58,72)(H,60,67)(H,74,75)/t32-,37-,39-,45-,46-/m0/s1. The van der Waals surface area contributed by atoms with Gasteiger partial charge in [-0.3, -0.25) is 43.3 Å². The molecule has 4 rings (SSSR count). The molecule has 0 spiro atoms. The molecule has 2 heterocycles. The number of amides is 8. The number of aliphatic hydroxyl groups excluding tert-OH is 1. The number of carbonyl (C=O) groups excluding carboxylic acids is 8. The van der Waals surface area contributed by atoms with Crippen molar-refractivity contribution in [1.82, 2.24) is 40.2 Å². The number of benzene rings is 2. The Labute approximate surface area is 434 Å². The highest BCUT2D eigenvalue weighted by Crippen LogP contribution is 2.39. The van der Waals surface area contributed by atoms with Crippen LogP contribution in [0.4, 0.5) is 8.78 Å². The molecule has 1 aliphatic heterocycles. The molecule has 9 N–H and O–H groups in total. The Morgan fingerprint density at radius 1 is 0.840 bits per heavy atom. The molecule has 0 saturated carbocycles. The highest BCUT2D eigenvalue weighted by molar-refractivity contribution is 6.12.